The topological polar surface area (TPSA) is 38.4 Å². The van der Waals surface area contributed by atoms with Gasteiger partial charge in [-0.3, -0.25) is 4.99 Å². The van der Waals surface area contributed by atoms with E-state index in [4.69, 9.17) is 5.73 Å². The molecule has 12 heavy (non-hydrogen) atoms. The quantitative estimate of drug-likeness (QED) is 0.657. The highest BCUT2D eigenvalue weighted by Crippen LogP contribution is 2.32. The fourth-order valence-corrected chi connectivity index (χ4v) is 1.54. The van der Waals surface area contributed by atoms with Gasteiger partial charge in [0.25, 0.3) is 0 Å². The first-order valence-electron chi connectivity index (χ1n) is 4.75. The van der Waals surface area contributed by atoms with Gasteiger partial charge in [0.15, 0.2) is 0 Å². The first kappa shape index (κ1) is 7.99. The van der Waals surface area contributed by atoms with E-state index in [9.17, 15) is 0 Å². The zero-order valence-electron chi connectivity index (χ0n) is 7.53. The van der Waals surface area contributed by atoms with E-state index in [1.54, 1.807) is 0 Å². The second-order valence-corrected chi connectivity index (χ2v) is 3.97. The zero-order chi connectivity index (χ0) is 8.55. The van der Waals surface area contributed by atoms with Gasteiger partial charge in [-0.2, -0.15) is 0 Å². The highest BCUT2D eigenvalue weighted by molar-refractivity contribution is 6.00. The number of nitrogens with zero attached hydrogens (tertiary/aromatic N) is 1. The molecule has 0 saturated heterocycles. The van der Waals surface area contributed by atoms with Gasteiger partial charge in [-0.25, -0.2) is 0 Å². The van der Waals surface area contributed by atoms with Crippen LogP contribution in [0.3, 0.4) is 0 Å². The third kappa shape index (κ3) is 1.58. The van der Waals surface area contributed by atoms with Crippen molar-refractivity contribution in [3.05, 3.63) is 12.2 Å². The SMILES string of the molecule is CC1C=CC(C(N)C2CC2)=NC1. The molecule has 0 aromatic heterocycles. The Morgan fingerprint density at radius 3 is 2.83 bits per heavy atom. The molecule has 2 nitrogen and oxygen atoms in total. The number of aliphatic imine (C=N–C) groups is 1. The smallest absolute Gasteiger partial charge is 0.0515 e. The molecule has 0 aromatic rings. The van der Waals surface area contributed by atoms with Crippen molar-refractivity contribution in [2.24, 2.45) is 22.6 Å². The van der Waals surface area contributed by atoms with Crippen LogP contribution < -0.4 is 5.73 Å². The Hall–Kier alpha value is -0.630. The van der Waals surface area contributed by atoms with Crippen LogP contribution in [0.25, 0.3) is 0 Å². The van der Waals surface area contributed by atoms with Crippen molar-refractivity contribution < 1.29 is 0 Å². The minimum Gasteiger partial charge on any atom is -0.322 e. The first-order chi connectivity index (χ1) is 5.77. The summed E-state index contributed by atoms with van der Waals surface area (Å²) >= 11 is 0. The van der Waals surface area contributed by atoms with Gasteiger partial charge in [0.05, 0.1) is 5.71 Å². The molecule has 2 unspecified atom stereocenters. The maximum absolute atomic E-state index is 6.02. The van der Waals surface area contributed by atoms with Crippen molar-refractivity contribution in [1.29, 1.82) is 0 Å². The third-order valence-corrected chi connectivity index (χ3v) is 2.63. The van der Waals surface area contributed by atoms with Gasteiger partial charge in [-0.15, -0.1) is 0 Å². The molecule has 2 atom stereocenters. The molecule has 1 fully saturated rings. The van der Waals surface area contributed by atoms with Crippen LogP contribution in [0.2, 0.25) is 0 Å². The molecule has 1 heterocycles. The van der Waals surface area contributed by atoms with Crippen molar-refractivity contribution >= 4 is 5.71 Å². The average molecular weight is 164 g/mol. The molecule has 0 aromatic carbocycles. The predicted molar refractivity (Wildman–Crippen MR) is 51.3 cm³/mol. The van der Waals surface area contributed by atoms with Crippen molar-refractivity contribution in [2.45, 2.75) is 25.8 Å². The van der Waals surface area contributed by atoms with Crippen LogP contribution in [-0.4, -0.2) is 18.3 Å². The Morgan fingerprint density at radius 1 is 1.58 bits per heavy atom. The van der Waals surface area contributed by atoms with Gasteiger partial charge < -0.3 is 5.73 Å². The lowest BCUT2D eigenvalue weighted by atomic mass is 10.0. The molecule has 2 heteroatoms. The largest absolute Gasteiger partial charge is 0.322 e. The highest BCUT2D eigenvalue weighted by atomic mass is 14.8. The Morgan fingerprint density at radius 2 is 2.33 bits per heavy atom. The molecule has 1 saturated carbocycles. The number of rotatable bonds is 2. The Balaban J connectivity index is 1.99. The van der Waals surface area contributed by atoms with Crippen molar-refractivity contribution in [3.63, 3.8) is 0 Å². The summed E-state index contributed by atoms with van der Waals surface area (Å²) in [6.07, 6.45) is 6.91. The molecule has 0 spiro atoms. The first-order valence-corrected chi connectivity index (χ1v) is 4.75. The molecule has 2 rings (SSSR count). The number of dihydropyridines is 1. The van der Waals surface area contributed by atoms with E-state index in [-0.39, 0.29) is 6.04 Å². The fourth-order valence-electron chi connectivity index (χ4n) is 1.54. The average Bonchev–Trinajstić information content (AvgIpc) is 2.87. The fraction of sp³-hybridized carbons (Fsp3) is 0.700. The number of hydrogen-bond donors (Lipinski definition) is 1. The molecule has 2 aliphatic rings. The van der Waals surface area contributed by atoms with Crippen LogP contribution in [0.1, 0.15) is 19.8 Å². The monoisotopic (exact) mass is 164 g/mol. The van der Waals surface area contributed by atoms with Gasteiger partial charge in [0, 0.05) is 12.6 Å². The van der Waals surface area contributed by atoms with E-state index in [0.717, 1.165) is 18.2 Å². The molecule has 0 amide bonds. The van der Waals surface area contributed by atoms with E-state index in [0.29, 0.717) is 5.92 Å². The molecule has 66 valence electrons. The van der Waals surface area contributed by atoms with Crippen LogP contribution in [-0.2, 0) is 0 Å². The summed E-state index contributed by atoms with van der Waals surface area (Å²) in [7, 11) is 0. The van der Waals surface area contributed by atoms with Crippen molar-refractivity contribution in [1.82, 2.24) is 0 Å². The normalized spacial score (nSPS) is 31.5. The van der Waals surface area contributed by atoms with E-state index in [2.05, 4.69) is 24.1 Å². The summed E-state index contributed by atoms with van der Waals surface area (Å²) in [6, 6.07) is 0.216. The molecule has 0 radical (unpaired) electrons. The second-order valence-electron chi connectivity index (χ2n) is 3.97. The molecule has 2 N–H and O–H groups in total. The lowest BCUT2D eigenvalue weighted by molar-refractivity contribution is 0.699. The molecular weight excluding hydrogens is 148 g/mol. The van der Waals surface area contributed by atoms with Gasteiger partial charge in [0.2, 0.25) is 0 Å². The third-order valence-electron chi connectivity index (χ3n) is 2.63. The van der Waals surface area contributed by atoms with E-state index in [1.807, 2.05) is 0 Å². The Labute approximate surface area is 73.6 Å². The minimum absolute atomic E-state index is 0.216. The van der Waals surface area contributed by atoms with Crippen LogP contribution in [0.5, 0.6) is 0 Å². The molecule has 1 aliphatic carbocycles. The summed E-state index contributed by atoms with van der Waals surface area (Å²) in [4.78, 5) is 4.48. The van der Waals surface area contributed by atoms with Gasteiger partial charge in [0.1, 0.15) is 0 Å². The van der Waals surface area contributed by atoms with E-state index >= 15 is 0 Å². The second kappa shape index (κ2) is 3.02. The minimum atomic E-state index is 0.216. The van der Waals surface area contributed by atoms with Crippen molar-refractivity contribution in [3.8, 4) is 0 Å². The van der Waals surface area contributed by atoms with Gasteiger partial charge in [-0.1, -0.05) is 13.0 Å². The maximum Gasteiger partial charge on any atom is 0.0515 e. The number of hydrogen-bond acceptors (Lipinski definition) is 2. The van der Waals surface area contributed by atoms with Gasteiger partial charge in [-0.05, 0) is 30.8 Å². The van der Waals surface area contributed by atoms with E-state index < -0.39 is 0 Å². The Kier molecular flexibility index (Phi) is 2.01. The van der Waals surface area contributed by atoms with Crippen molar-refractivity contribution in [2.75, 3.05) is 6.54 Å². The lowest BCUT2D eigenvalue weighted by Gasteiger charge is -2.16. The van der Waals surface area contributed by atoms with Crippen LogP contribution in [0.4, 0.5) is 0 Å². The van der Waals surface area contributed by atoms with E-state index in [1.165, 1.54) is 12.8 Å². The predicted octanol–water partition coefficient (Wildman–Crippen LogP) is 1.37. The van der Waals surface area contributed by atoms with Crippen LogP contribution in [0, 0.1) is 11.8 Å². The molecular formula is C10H16N2. The highest BCUT2D eigenvalue weighted by Gasteiger charge is 2.31. The maximum atomic E-state index is 6.02. The summed E-state index contributed by atoms with van der Waals surface area (Å²) < 4.78 is 0. The van der Waals surface area contributed by atoms with Crippen LogP contribution in [0.15, 0.2) is 17.1 Å². The van der Waals surface area contributed by atoms with Crippen LogP contribution >= 0.6 is 0 Å². The summed E-state index contributed by atoms with van der Waals surface area (Å²) in [6.45, 7) is 3.10. The summed E-state index contributed by atoms with van der Waals surface area (Å²) in [5.41, 5.74) is 7.14. The standard InChI is InChI=1S/C10H16N2/c1-7-2-5-9(12-6-7)10(11)8-3-4-8/h2,5,7-8,10H,3-4,6,11H2,1H3. The zero-order valence-corrected chi connectivity index (χ0v) is 7.53. The van der Waals surface area contributed by atoms with Gasteiger partial charge >= 0.3 is 0 Å². The molecule has 1 aliphatic heterocycles. The molecule has 0 bridgehead atoms. The summed E-state index contributed by atoms with van der Waals surface area (Å²) in [5, 5.41) is 0. The lowest BCUT2D eigenvalue weighted by Crippen LogP contribution is -2.33. The Bertz CT molecular complexity index is 226. The summed E-state index contributed by atoms with van der Waals surface area (Å²) in [5.74, 6) is 1.32. The number of nitrogens with two attached hydrogens (primary N) is 1.